The van der Waals surface area contributed by atoms with Crippen molar-refractivity contribution < 1.29 is 17.9 Å². The average Bonchev–Trinajstić information content (AvgIpc) is 2.78. The van der Waals surface area contributed by atoms with Gasteiger partial charge in [0.2, 0.25) is 15.9 Å². The first-order valence-corrected chi connectivity index (χ1v) is 13.7. The van der Waals surface area contributed by atoms with Crippen molar-refractivity contribution in [3.63, 3.8) is 0 Å². The molecule has 33 heavy (non-hydrogen) atoms. The number of carbonyl (C=O) groups excluding carboxylic acids is 1. The molecular formula is C25H41N3O4S. The van der Waals surface area contributed by atoms with Gasteiger partial charge in [0.05, 0.1) is 24.7 Å². The largest absolute Gasteiger partial charge is 0.378 e. The minimum absolute atomic E-state index is 0.100. The van der Waals surface area contributed by atoms with E-state index >= 15 is 0 Å². The fraction of sp³-hybridized carbons (Fsp3) is 0.720. The quantitative estimate of drug-likeness (QED) is 0.601. The summed E-state index contributed by atoms with van der Waals surface area (Å²) in [5, 5.41) is 0. The van der Waals surface area contributed by atoms with Crippen molar-refractivity contribution >= 4 is 15.9 Å². The standard InChI is InChI=1S/C25H41N3O4S/c1-18(2)21-15-22(19(3)4)25(23(16-21)20(5)6)33(30,31)28-9-7-26(8-10-28)17-24(29)27-11-13-32-14-12-27/h15-16,18-20H,7-14,17H2,1-6H3. The predicted octanol–water partition coefficient (Wildman–Crippen LogP) is 3.22. The number of hydrogen-bond donors (Lipinski definition) is 0. The summed E-state index contributed by atoms with van der Waals surface area (Å²) in [6.07, 6.45) is 0. The van der Waals surface area contributed by atoms with Gasteiger partial charge in [-0.2, -0.15) is 4.31 Å². The number of amides is 1. The molecule has 0 radical (unpaired) electrons. The lowest BCUT2D eigenvalue weighted by molar-refractivity contribution is -0.136. The van der Waals surface area contributed by atoms with Crippen LogP contribution in [0.2, 0.25) is 0 Å². The Bertz CT molecular complexity index is 900. The third kappa shape index (κ3) is 5.96. The van der Waals surface area contributed by atoms with Crippen LogP contribution in [0.15, 0.2) is 17.0 Å². The highest BCUT2D eigenvalue weighted by molar-refractivity contribution is 7.89. The zero-order valence-corrected chi connectivity index (χ0v) is 22.0. The molecular weight excluding hydrogens is 438 g/mol. The number of piperazine rings is 1. The number of nitrogens with zero attached hydrogens (tertiary/aromatic N) is 3. The average molecular weight is 480 g/mol. The van der Waals surface area contributed by atoms with Gasteiger partial charge < -0.3 is 9.64 Å². The normalized spacial score (nSPS) is 19.1. The van der Waals surface area contributed by atoms with E-state index in [4.69, 9.17) is 4.74 Å². The molecule has 2 saturated heterocycles. The van der Waals surface area contributed by atoms with Crippen molar-refractivity contribution in [2.24, 2.45) is 0 Å². The van der Waals surface area contributed by atoms with Crippen LogP contribution in [0.3, 0.4) is 0 Å². The summed E-state index contributed by atoms with van der Waals surface area (Å²) in [6.45, 7) is 17.3. The van der Waals surface area contributed by atoms with Gasteiger partial charge in [-0.1, -0.05) is 53.7 Å². The van der Waals surface area contributed by atoms with Gasteiger partial charge in [0.25, 0.3) is 0 Å². The molecule has 8 heteroatoms. The lowest BCUT2D eigenvalue weighted by Gasteiger charge is -2.36. The molecule has 1 amide bonds. The molecule has 0 saturated carbocycles. The third-order valence-corrected chi connectivity index (χ3v) is 8.76. The minimum Gasteiger partial charge on any atom is -0.378 e. The molecule has 0 bridgehead atoms. The van der Waals surface area contributed by atoms with E-state index in [1.807, 2.05) is 4.90 Å². The molecule has 2 aliphatic heterocycles. The van der Waals surface area contributed by atoms with Gasteiger partial charge in [-0.3, -0.25) is 9.69 Å². The molecule has 0 spiro atoms. The summed E-state index contributed by atoms with van der Waals surface area (Å²) in [4.78, 5) is 17.0. The molecule has 0 atom stereocenters. The SMILES string of the molecule is CC(C)c1cc(C(C)C)c(S(=O)(=O)N2CCN(CC(=O)N3CCOCC3)CC2)c(C(C)C)c1. The zero-order chi connectivity index (χ0) is 24.3. The highest BCUT2D eigenvalue weighted by Crippen LogP contribution is 2.36. The van der Waals surface area contributed by atoms with E-state index in [2.05, 4.69) is 58.6 Å². The molecule has 2 heterocycles. The Balaban J connectivity index is 1.80. The van der Waals surface area contributed by atoms with Gasteiger partial charge in [0.15, 0.2) is 0 Å². The number of rotatable bonds is 7. The number of morpholine rings is 1. The molecule has 0 N–H and O–H groups in total. The van der Waals surface area contributed by atoms with Crippen LogP contribution in [0.4, 0.5) is 0 Å². The van der Waals surface area contributed by atoms with Gasteiger partial charge >= 0.3 is 0 Å². The van der Waals surface area contributed by atoms with Gasteiger partial charge in [-0.15, -0.1) is 0 Å². The van der Waals surface area contributed by atoms with E-state index in [0.717, 1.165) is 11.1 Å². The summed E-state index contributed by atoms with van der Waals surface area (Å²) in [5.74, 6) is 0.657. The second kappa shape index (κ2) is 10.8. The van der Waals surface area contributed by atoms with E-state index in [9.17, 15) is 13.2 Å². The lowest BCUT2D eigenvalue weighted by atomic mass is 9.89. The first kappa shape index (κ1) is 26.1. The second-order valence-corrected chi connectivity index (χ2v) is 12.0. The Hall–Kier alpha value is -1.48. The van der Waals surface area contributed by atoms with Gasteiger partial charge in [-0.25, -0.2) is 8.42 Å². The first-order valence-electron chi connectivity index (χ1n) is 12.3. The van der Waals surface area contributed by atoms with Crippen LogP contribution in [-0.4, -0.2) is 87.5 Å². The number of carbonyl (C=O) groups is 1. The summed E-state index contributed by atoms with van der Waals surface area (Å²) in [5.41, 5.74) is 3.01. The van der Waals surface area contributed by atoms with E-state index in [-0.39, 0.29) is 17.7 Å². The number of ether oxygens (including phenoxy) is 1. The van der Waals surface area contributed by atoms with Crippen LogP contribution in [0.1, 0.15) is 76.0 Å². The maximum absolute atomic E-state index is 13.9. The number of benzene rings is 1. The summed E-state index contributed by atoms with van der Waals surface area (Å²) >= 11 is 0. The summed E-state index contributed by atoms with van der Waals surface area (Å²) in [6, 6.07) is 4.18. The fourth-order valence-corrected chi connectivity index (χ4v) is 6.64. The Morgan fingerprint density at radius 1 is 0.848 bits per heavy atom. The predicted molar refractivity (Wildman–Crippen MR) is 131 cm³/mol. The summed E-state index contributed by atoms with van der Waals surface area (Å²) in [7, 11) is -3.63. The second-order valence-electron chi connectivity index (χ2n) is 10.2. The van der Waals surface area contributed by atoms with E-state index in [1.165, 1.54) is 5.56 Å². The van der Waals surface area contributed by atoms with Crippen LogP contribution in [-0.2, 0) is 19.6 Å². The van der Waals surface area contributed by atoms with Gasteiger partial charge in [-0.05, 0) is 34.4 Å². The fourth-order valence-electron chi connectivity index (χ4n) is 4.55. The third-order valence-electron chi connectivity index (χ3n) is 6.73. The maximum atomic E-state index is 13.9. The van der Waals surface area contributed by atoms with Crippen LogP contribution in [0.25, 0.3) is 0 Å². The van der Waals surface area contributed by atoms with Crippen molar-refractivity contribution in [1.82, 2.24) is 14.1 Å². The number of sulfonamides is 1. The minimum atomic E-state index is -3.63. The first-order chi connectivity index (χ1) is 15.5. The molecule has 1 aromatic rings. The molecule has 0 aliphatic carbocycles. The topological polar surface area (TPSA) is 70.2 Å². The van der Waals surface area contributed by atoms with Crippen molar-refractivity contribution in [1.29, 1.82) is 0 Å². The molecule has 3 rings (SSSR count). The Morgan fingerprint density at radius 3 is 1.82 bits per heavy atom. The molecule has 2 aliphatic rings. The van der Waals surface area contributed by atoms with Crippen LogP contribution >= 0.6 is 0 Å². The highest BCUT2D eigenvalue weighted by Gasteiger charge is 2.34. The van der Waals surface area contributed by atoms with Crippen molar-refractivity contribution in [3.8, 4) is 0 Å². The van der Waals surface area contributed by atoms with Crippen molar-refractivity contribution in [2.75, 3.05) is 59.0 Å². The Morgan fingerprint density at radius 2 is 1.36 bits per heavy atom. The molecule has 0 aromatic heterocycles. The molecule has 186 valence electrons. The van der Waals surface area contributed by atoms with Crippen molar-refractivity contribution in [3.05, 3.63) is 28.8 Å². The molecule has 7 nitrogen and oxygen atoms in total. The van der Waals surface area contributed by atoms with Gasteiger partial charge in [0, 0.05) is 39.3 Å². The smallest absolute Gasteiger partial charge is 0.243 e. The lowest BCUT2D eigenvalue weighted by Crippen LogP contribution is -2.52. The highest BCUT2D eigenvalue weighted by atomic mass is 32.2. The van der Waals surface area contributed by atoms with Crippen LogP contribution < -0.4 is 0 Å². The van der Waals surface area contributed by atoms with Gasteiger partial charge in [0.1, 0.15) is 0 Å². The maximum Gasteiger partial charge on any atom is 0.243 e. The van der Waals surface area contributed by atoms with Crippen LogP contribution in [0, 0.1) is 0 Å². The number of hydrogen-bond acceptors (Lipinski definition) is 5. The van der Waals surface area contributed by atoms with E-state index in [0.29, 0.717) is 69.8 Å². The van der Waals surface area contributed by atoms with E-state index in [1.54, 1.807) is 4.31 Å². The van der Waals surface area contributed by atoms with Crippen molar-refractivity contribution in [2.45, 2.75) is 64.2 Å². The molecule has 1 aromatic carbocycles. The Labute approximate surface area is 200 Å². The van der Waals surface area contributed by atoms with E-state index < -0.39 is 10.0 Å². The monoisotopic (exact) mass is 479 g/mol. The zero-order valence-electron chi connectivity index (χ0n) is 21.1. The Kier molecular flexibility index (Phi) is 8.59. The molecule has 2 fully saturated rings. The molecule has 0 unspecified atom stereocenters. The summed E-state index contributed by atoms with van der Waals surface area (Å²) < 4.78 is 34.8. The van der Waals surface area contributed by atoms with Crippen LogP contribution in [0.5, 0.6) is 0 Å².